The number of nitrogens with zero attached hydrogens (tertiary/aromatic N) is 2. The zero-order valence-corrected chi connectivity index (χ0v) is 12.6. The van der Waals surface area contributed by atoms with Gasteiger partial charge in [0.05, 0.1) is 11.9 Å². The van der Waals surface area contributed by atoms with Gasteiger partial charge in [0.25, 0.3) is 0 Å². The fourth-order valence-electron chi connectivity index (χ4n) is 2.54. The number of rotatable bonds is 7. The van der Waals surface area contributed by atoms with E-state index in [1.807, 2.05) is 6.92 Å². The lowest BCUT2D eigenvalue weighted by molar-refractivity contribution is 0.0782. The van der Waals surface area contributed by atoms with E-state index in [1.54, 1.807) is 4.31 Å². The number of sulfonamides is 1. The number of unbranched alkanes of at least 4 members (excludes halogenated alkanes) is 1. The Hall–Kier alpha value is -0.170. The molecule has 2 aliphatic rings. The topological polar surface area (TPSA) is 60.9 Å². The van der Waals surface area contributed by atoms with E-state index in [2.05, 4.69) is 4.90 Å². The lowest BCUT2D eigenvalue weighted by Crippen LogP contribution is -2.51. The summed E-state index contributed by atoms with van der Waals surface area (Å²) in [5.41, 5.74) is 0. The first-order valence-corrected chi connectivity index (χ1v) is 9.02. The van der Waals surface area contributed by atoms with Crippen molar-refractivity contribution < 1.29 is 13.5 Å². The van der Waals surface area contributed by atoms with Crippen molar-refractivity contribution in [1.29, 1.82) is 0 Å². The quantitative estimate of drug-likeness (QED) is 0.742. The molecular formula is C13H26N2O3S. The van der Waals surface area contributed by atoms with Gasteiger partial charge in [-0.05, 0) is 25.2 Å². The standard InChI is InChI=1S/C13H26N2O3S/c1-2-3-10-19(17,18)15-8-6-14(7-9-15)11-13(16)12-4-5-12/h12-13,16H,2-11H2,1H3/t13-/m0/s1. The van der Waals surface area contributed by atoms with Crippen LogP contribution >= 0.6 is 0 Å². The van der Waals surface area contributed by atoms with Crippen molar-refractivity contribution >= 4 is 10.0 Å². The predicted octanol–water partition coefficient (Wildman–Crippen LogP) is 0.505. The van der Waals surface area contributed by atoms with E-state index >= 15 is 0 Å². The van der Waals surface area contributed by atoms with Gasteiger partial charge in [-0.3, -0.25) is 4.90 Å². The SMILES string of the molecule is CCCCS(=O)(=O)N1CCN(C[C@H](O)C2CC2)CC1. The van der Waals surface area contributed by atoms with Crippen molar-refractivity contribution in [2.24, 2.45) is 5.92 Å². The minimum atomic E-state index is -3.06. The molecule has 1 saturated carbocycles. The Morgan fingerprint density at radius 2 is 1.84 bits per heavy atom. The maximum atomic E-state index is 12.0. The van der Waals surface area contributed by atoms with E-state index in [1.165, 1.54) is 0 Å². The summed E-state index contributed by atoms with van der Waals surface area (Å²) < 4.78 is 25.7. The van der Waals surface area contributed by atoms with Gasteiger partial charge >= 0.3 is 0 Å². The number of hydrogen-bond acceptors (Lipinski definition) is 4. The minimum Gasteiger partial charge on any atom is -0.392 e. The van der Waals surface area contributed by atoms with E-state index in [0.29, 0.717) is 25.6 Å². The highest BCUT2D eigenvalue weighted by Gasteiger charge is 2.32. The average molecular weight is 290 g/mol. The van der Waals surface area contributed by atoms with Gasteiger partial charge in [-0.2, -0.15) is 4.31 Å². The first-order valence-electron chi connectivity index (χ1n) is 7.41. The largest absolute Gasteiger partial charge is 0.392 e. The summed E-state index contributed by atoms with van der Waals surface area (Å²) in [4.78, 5) is 2.19. The van der Waals surface area contributed by atoms with Crippen LogP contribution in [0, 0.1) is 5.92 Å². The highest BCUT2D eigenvalue weighted by Crippen LogP contribution is 2.32. The maximum absolute atomic E-state index is 12.0. The molecule has 1 aliphatic heterocycles. The number of β-amino-alcohol motifs (C(OH)–C–C–N with tert-alkyl or cyclic N) is 1. The third-order valence-electron chi connectivity index (χ3n) is 4.09. The molecule has 0 spiro atoms. The lowest BCUT2D eigenvalue weighted by Gasteiger charge is -2.35. The van der Waals surface area contributed by atoms with Crippen LogP contribution in [-0.2, 0) is 10.0 Å². The van der Waals surface area contributed by atoms with Crippen LogP contribution in [0.3, 0.4) is 0 Å². The Morgan fingerprint density at radius 3 is 2.37 bits per heavy atom. The molecule has 112 valence electrons. The van der Waals surface area contributed by atoms with Gasteiger partial charge in [0.15, 0.2) is 0 Å². The van der Waals surface area contributed by atoms with Crippen molar-refractivity contribution in [1.82, 2.24) is 9.21 Å². The molecule has 0 bridgehead atoms. The van der Waals surface area contributed by atoms with Crippen molar-refractivity contribution in [3.05, 3.63) is 0 Å². The second-order valence-electron chi connectivity index (χ2n) is 5.77. The Bertz CT molecular complexity index is 373. The van der Waals surface area contributed by atoms with Crippen LogP contribution in [0.2, 0.25) is 0 Å². The van der Waals surface area contributed by atoms with Crippen LogP contribution in [0.4, 0.5) is 0 Å². The van der Waals surface area contributed by atoms with Crippen LogP contribution < -0.4 is 0 Å². The first kappa shape index (κ1) is 15.2. The molecule has 0 aromatic heterocycles. The van der Waals surface area contributed by atoms with Crippen LogP contribution in [0.25, 0.3) is 0 Å². The van der Waals surface area contributed by atoms with Crippen LogP contribution in [0.1, 0.15) is 32.6 Å². The monoisotopic (exact) mass is 290 g/mol. The van der Waals surface area contributed by atoms with Gasteiger partial charge in [-0.1, -0.05) is 13.3 Å². The van der Waals surface area contributed by atoms with E-state index in [0.717, 1.165) is 38.8 Å². The Labute approximate surface area is 116 Å². The molecule has 1 heterocycles. The Kier molecular flexibility index (Phi) is 5.22. The highest BCUT2D eigenvalue weighted by molar-refractivity contribution is 7.89. The van der Waals surface area contributed by atoms with Gasteiger partial charge in [-0.25, -0.2) is 8.42 Å². The fraction of sp³-hybridized carbons (Fsp3) is 1.00. The summed E-state index contributed by atoms with van der Waals surface area (Å²) in [5.74, 6) is 0.764. The molecule has 0 unspecified atom stereocenters. The molecule has 0 amide bonds. The molecule has 6 heteroatoms. The molecule has 19 heavy (non-hydrogen) atoms. The summed E-state index contributed by atoms with van der Waals surface area (Å²) in [6, 6.07) is 0. The zero-order chi connectivity index (χ0) is 13.9. The maximum Gasteiger partial charge on any atom is 0.214 e. The number of hydrogen-bond donors (Lipinski definition) is 1. The molecule has 5 nitrogen and oxygen atoms in total. The van der Waals surface area contributed by atoms with Crippen molar-refractivity contribution in [3.8, 4) is 0 Å². The predicted molar refractivity (Wildman–Crippen MR) is 75.4 cm³/mol. The Balaban J connectivity index is 1.75. The molecule has 0 aromatic carbocycles. The second-order valence-corrected chi connectivity index (χ2v) is 7.86. The van der Waals surface area contributed by atoms with Crippen molar-refractivity contribution in [3.63, 3.8) is 0 Å². The first-order chi connectivity index (χ1) is 9.03. The third-order valence-corrected chi connectivity index (χ3v) is 6.05. The fourth-order valence-corrected chi connectivity index (χ4v) is 4.17. The van der Waals surface area contributed by atoms with Gasteiger partial charge in [0, 0.05) is 32.7 Å². The normalized spacial score (nSPS) is 24.5. The number of piperazine rings is 1. The van der Waals surface area contributed by atoms with Crippen molar-refractivity contribution in [2.75, 3.05) is 38.5 Å². The Morgan fingerprint density at radius 1 is 1.21 bits per heavy atom. The molecule has 1 saturated heterocycles. The minimum absolute atomic E-state index is 0.219. The van der Waals surface area contributed by atoms with E-state index < -0.39 is 10.0 Å². The van der Waals surface area contributed by atoms with E-state index in [9.17, 15) is 13.5 Å². The summed E-state index contributed by atoms with van der Waals surface area (Å²) >= 11 is 0. The molecule has 1 N–H and O–H groups in total. The van der Waals surface area contributed by atoms with Crippen LogP contribution in [0.5, 0.6) is 0 Å². The summed E-state index contributed by atoms with van der Waals surface area (Å²) in [6.07, 6.45) is 3.72. The number of aliphatic hydroxyl groups excluding tert-OH is 1. The average Bonchev–Trinajstić information content (AvgIpc) is 3.21. The summed E-state index contributed by atoms with van der Waals surface area (Å²) in [7, 11) is -3.06. The van der Waals surface area contributed by atoms with Gasteiger partial charge in [-0.15, -0.1) is 0 Å². The molecule has 2 rings (SSSR count). The zero-order valence-electron chi connectivity index (χ0n) is 11.8. The highest BCUT2D eigenvalue weighted by atomic mass is 32.2. The van der Waals surface area contributed by atoms with E-state index in [-0.39, 0.29) is 11.9 Å². The van der Waals surface area contributed by atoms with Crippen LogP contribution in [-0.4, -0.2) is 67.3 Å². The van der Waals surface area contributed by atoms with Gasteiger partial charge < -0.3 is 5.11 Å². The molecule has 0 radical (unpaired) electrons. The summed E-state index contributed by atoms with van der Waals surface area (Å²) in [6.45, 7) is 5.34. The summed E-state index contributed by atoms with van der Waals surface area (Å²) in [5, 5.41) is 9.91. The van der Waals surface area contributed by atoms with E-state index in [4.69, 9.17) is 0 Å². The number of aliphatic hydroxyl groups is 1. The molecular weight excluding hydrogens is 264 g/mol. The molecule has 2 fully saturated rings. The molecule has 1 aliphatic carbocycles. The smallest absolute Gasteiger partial charge is 0.214 e. The lowest BCUT2D eigenvalue weighted by atomic mass is 10.2. The molecule has 0 aromatic rings. The molecule has 1 atom stereocenters. The van der Waals surface area contributed by atoms with Gasteiger partial charge in [0.2, 0.25) is 10.0 Å². The third kappa shape index (κ3) is 4.41. The van der Waals surface area contributed by atoms with Crippen molar-refractivity contribution in [2.45, 2.75) is 38.7 Å². The van der Waals surface area contributed by atoms with Crippen LogP contribution in [0.15, 0.2) is 0 Å². The second kappa shape index (κ2) is 6.52. The van der Waals surface area contributed by atoms with Gasteiger partial charge in [0.1, 0.15) is 0 Å².